The summed E-state index contributed by atoms with van der Waals surface area (Å²) in [5.41, 5.74) is 2.24. The minimum atomic E-state index is -0.489. The van der Waals surface area contributed by atoms with Crippen LogP contribution in [0, 0.1) is 0 Å². The molecule has 1 unspecified atom stereocenters. The second kappa shape index (κ2) is 14.0. The Balaban J connectivity index is 0. The van der Waals surface area contributed by atoms with E-state index in [-0.39, 0.29) is 18.9 Å². The summed E-state index contributed by atoms with van der Waals surface area (Å²) in [7, 11) is 1.00. The molecule has 0 fully saturated rings. The van der Waals surface area contributed by atoms with Crippen LogP contribution in [0.2, 0.25) is 0 Å². The Kier molecular flexibility index (Phi) is 14.6. The van der Waals surface area contributed by atoms with Gasteiger partial charge in [0.1, 0.15) is 6.29 Å². The largest absolute Gasteiger partial charge is 0.400 e. The molecule has 0 aromatic heterocycles. The first kappa shape index (κ1) is 20.8. The van der Waals surface area contributed by atoms with Crippen LogP contribution in [0.3, 0.4) is 0 Å². The van der Waals surface area contributed by atoms with Gasteiger partial charge < -0.3 is 20.3 Å². The van der Waals surface area contributed by atoms with Crippen molar-refractivity contribution in [3.63, 3.8) is 0 Å². The Bertz CT molecular complexity index is 331. The Hall–Kier alpha value is -1.46. The lowest BCUT2D eigenvalue weighted by atomic mass is 10.1. The summed E-state index contributed by atoms with van der Waals surface area (Å²) in [6.45, 7) is 5.75. The first-order chi connectivity index (χ1) is 9.49. The van der Waals surface area contributed by atoms with E-state index in [9.17, 15) is 9.59 Å². The molecule has 0 bridgehead atoms. The van der Waals surface area contributed by atoms with Crippen LogP contribution in [-0.2, 0) is 9.59 Å². The maximum atomic E-state index is 11.6. The summed E-state index contributed by atoms with van der Waals surface area (Å²) in [5, 5.41) is 18.5. The summed E-state index contributed by atoms with van der Waals surface area (Å²) in [6, 6.07) is -0.489. The monoisotopic (exact) mass is 285 g/mol. The van der Waals surface area contributed by atoms with Crippen molar-refractivity contribution >= 4 is 12.2 Å². The molecule has 0 heterocycles. The second-order valence-electron chi connectivity index (χ2n) is 4.60. The average Bonchev–Trinajstić information content (AvgIpc) is 2.39. The molecular formula is C15H27NO4. The van der Waals surface area contributed by atoms with Gasteiger partial charge in [0.05, 0.1) is 12.6 Å². The number of amides is 1. The highest BCUT2D eigenvalue weighted by atomic mass is 16.3. The van der Waals surface area contributed by atoms with Gasteiger partial charge in [-0.25, -0.2) is 0 Å². The third-order valence-corrected chi connectivity index (χ3v) is 2.42. The van der Waals surface area contributed by atoms with E-state index >= 15 is 0 Å². The molecule has 0 aromatic carbocycles. The van der Waals surface area contributed by atoms with Crippen LogP contribution in [0.15, 0.2) is 23.3 Å². The van der Waals surface area contributed by atoms with E-state index < -0.39 is 6.04 Å². The van der Waals surface area contributed by atoms with Gasteiger partial charge in [-0.3, -0.25) is 4.79 Å². The maximum Gasteiger partial charge on any atom is 0.244 e. The van der Waals surface area contributed by atoms with E-state index in [1.807, 2.05) is 20.8 Å². The first-order valence-electron chi connectivity index (χ1n) is 6.59. The van der Waals surface area contributed by atoms with Crippen molar-refractivity contribution < 1.29 is 19.8 Å². The quantitative estimate of drug-likeness (QED) is 0.357. The van der Waals surface area contributed by atoms with Crippen molar-refractivity contribution in [2.24, 2.45) is 0 Å². The number of aliphatic hydroxyl groups excluding tert-OH is 2. The molecule has 1 amide bonds. The van der Waals surface area contributed by atoms with Gasteiger partial charge in [-0.15, -0.1) is 0 Å². The highest BCUT2D eigenvalue weighted by Crippen LogP contribution is 2.06. The molecular weight excluding hydrogens is 258 g/mol. The predicted octanol–water partition coefficient (Wildman–Crippen LogP) is 1.35. The molecule has 0 aliphatic rings. The van der Waals surface area contributed by atoms with E-state index in [4.69, 9.17) is 10.2 Å². The number of aliphatic hydroxyl groups is 2. The molecule has 0 saturated heterocycles. The van der Waals surface area contributed by atoms with Gasteiger partial charge >= 0.3 is 0 Å². The molecule has 0 spiro atoms. The van der Waals surface area contributed by atoms with Crippen molar-refractivity contribution in [3.8, 4) is 0 Å². The SMILES string of the molecule is CC(C)=CCC/C(C)=C/C(=O)NC(CO)CC=O.CO. The van der Waals surface area contributed by atoms with Crippen LogP contribution in [0.4, 0.5) is 0 Å². The highest BCUT2D eigenvalue weighted by molar-refractivity contribution is 5.88. The van der Waals surface area contributed by atoms with Gasteiger partial charge in [0.2, 0.25) is 5.91 Å². The van der Waals surface area contributed by atoms with Crippen molar-refractivity contribution in [2.45, 2.75) is 46.1 Å². The molecule has 0 radical (unpaired) electrons. The van der Waals surface area contributed by atoms with Gasteiger partial charge in [-0.1, -0.05) is 17.2 Å². The second-order valence-corrected chi connectivity index (χ2v) is 4.60. The zero-order chi connectivity index (χ0) is 16.0. The Morgan fingerprint density at radius 3 is 2.30 bits per heavy atom. The summed E-state index contributed by atoms with van der Waals surface area (Å²) < 4.78 is 0. The number of rotatable bonds is 8. The molecule has 116 valence electrons. The molecule has 5 heteroatoms. The van der Waals surface area contributed by atoms with Gasteiger partial charge in [0, 0.05) is 19.6 Å². The molecule has 20 heavy (non-hydrogen) atoms. The van der Waals surface area contributed by atoms with E-state index in [1.165, 1.54) is 11.6 Å². The number of carbonyl (C=O) groups is 2. The predicted molar refractivity (Wildman–Crippen MR) is 80.3 cm³/mol. The summed E-state index contributed by atoms with van der Waals surface area (Å²) in [4.78, 5) is 21.9. The third-order valence-electron chi connectivity index (χ3n) is 2.42. The first-order valence-corrected chi connectivity index (χ1v) is 6.59. The minimum absolute atomic E-state index is 0.132. The molecule has 0 aliphatic heterocycles. The van der Waals surface area contributed by atoms with Gasteiger partial charge in [-0.05, 0) is 33.6 Å². The van der Waals surface area contributed by atoms with Gasteiger partial charge in [-0.2, -0.15) is 0 Å². The topological polar surface area (TPSA) is 86.6 Å². The van der Waals surface area contributed by atoms with Crippen molar-refractivity contribution in [1.82, 2.24) is 5.32 Å². The standard InChI is InChI=1S/C14H23NO3.CH4O/c1-11(2)5-4-6-12(3)9-14(18)15-13(10-17)7-8-16;1-2/h5,8-9,13,17H,4,6-7,10H2,1-3H3,(H,15,18);2H,1H3/b12-9+;. The van der Waals surface area contributed by atoms with Crippen molar-refractivity contribution in [2.75, 3.05) is 13.7 Å². The smallest absolute Gasteiger partial charge is 0.244 e. The summed E-state index contributed by atoms with van der Waals surface area (Å²) in [6.07, 6.45) is 6.20. The summed E-state index contributed by atoms with van der Waals surface area (Å²) in [5.74, 6) is -0.259. The summed E-state index contributed by atoms with van der Waals surface area (Å²) >= 11 is 0. The number of nitrogens with one attached hydrogen (secondary N) is 1. The normalized spacial score (nSPS) is 11.8. The average molecular weight is 285 g/mol. The van der Waals surface area contributed by atoms with Crippen LogP contribution < -0.4 is 5.32 Å². The van der Waals surface area contributed by atoms with Crippen LogP contribution in [0.1, 0.15) is 40.0 Å². The number of aldehydes is 1. The van der Waals surface area contributed by atoms with E-state index in [0.717, 1.165) is 25.5 Å². The van der Waals surface area contributed by atoms with Crippen molar-refractivity contribution in [1.29, 1.82) is 0 Å². The zero-order valence-electron chi connectivity index (χ0n) is 12.8. The molecule has 0 aromatic rings. The maximum absolute atomic E-state index is 11.6. The van der Waals surface area contributed by atoms with Gasteiger partial charge in [0.15, 0.2) is 0 Å². The fourth-order valence-corrected chi connectivity index (χ4v) is 1.42. The fraction of sp³-hybridized carbons (Fsp3) is 0.600. The lowest BCUT2D eigenvalue weighted by molar-refractivity contribution is -0.117. The molecule has 3 N–H and O–H groups in total. The Morgan fingerprint density at radius 1 is 1.25 bits per heavy atom. The lowest BCUT2D eigenvalue weighted by Gasteiger charge is -2.11. The van der Waals surface area contributed by atoms with Crippen LogP contribution in [-0.4, -0.2) is 42.2 Å². The fourth-order valence-electron chi connectivity index (χ4n) is 1.42. The van der Waals surface area contributed by atoms with E-state index in [2.05, 4.69) is 11.4 Å². The minimum Gasteiger partial charge on any atom is -0.400 e. The third kappa shape index (κ3) is 13.0. The lowest BCUT2D eigenvalue weighted by Crippen LogP contribution is -2.36. The van der Waals surface area contributed by atoms with Crippen LogP contribution in [0.5, 0.6) is 0 Å². The molecule has 0 rings (SSSR count). The Morgan fingerprint density at radius 2 is 1.85 bits per heavy atom. The van der Waals surface area contributed by atoms with Crippen molar-refractivity contribution in [3.05, 3.63) is 23.3 Å². The number of carbonyl (C=O) groups excluding carboxylic acids is 2. The zero-order valence-corrected chi connectivity index (χ0v) is 12.8. The van der Waals surface area contributed by atoms with E-state index in [1.54, 1.807) is 0 Å². The Labute approximate surface area is 121 Å². The van der Waals surface area contributed by atoms with E-state index in [0.29, 0.717) is 6.29 Å². The van der Waals surface area contributed by atoms with Crippen LogP contribution in [0.25, 0.3) is 0 Å². The van der Waals surface area contributed by atoms with Gasteiger partial charge in [0.25, 0.3) is 0 Å². The molecule has 0 saturated carbocycles. The van der Waals surface area contributed by atoms with Crippen LogP contribution >= 0.6 is 0 Å². The highest BCUT2D eigenvalue weighted by Gasteiger charge is 2.08. The molecule has 5 nitrogen and oxygen atoms in total. The number of hydrogen-bond acceptors (Lipinski definition) is 4. The molecule has 1 atom stereocenters. The molecule has 0 aliphatic carbocycles. The number of hydrogen-bond donors (Lipinski definition) is 3. The number of allylic oxidation sites excluding steroid dienone is 3.